The summed E-state index contributed by atoms with van der Waals surface area (Å²) in [5.74, 6) is -0.498. The smallest absolute Gasteiger partial charge is 0.251 e. The number of carbonyl (C=O) groups excluding carboxylic acids is 1. The van der Waals surface area contributed by atoms with E-state index in [0.29, 0.717) is 15.6 Å². The van der Waals surface area contributed by atoms with Crippen LogP contribution >= 0.6 is 34.8 Å². The third-order valence-corrected chi connectivity index (χ3v) is 5.22. The van der Waals surface area contributed by atoms with Gasteiger partial charge in [0.05, 0.1) is 15.1 Å². The lowest BCUT2D eigenvalue weighted by Gasteiger charge is -2.09. The van der Waals surface area contributed by atoms with Gasteiger partial charge in [0.2, 0.25) is 10.0 Å². The van der Waals surface area contributed by atoms with Crippen LogP contribution < -0.4 is 10.5 Å². The van der Waals surface area contributed by atoms with Crippen LogP contribution in [0.15, 0.2) is 41.3 Å². The molecular formula is C14H11Cl3N2O3S. The zero-order chi connectivity index (χ0) is 17.2. The molecule has 122 valence electrons. The van der Waals surface area contributed by atoms with Gasteiger partial charge in [0.15, 0.2) is 0 Å². The highest BCUT2D eigenvalue weighted by Crippen LogP contribution is 2.25. The fourth-order valence-electron chi connectivity index (χ4n) is 1.83. The summed E-state index contributed by atoms with van der Waals surface area (Å²) in [7, 11) is -4.02. The Kier molecular flexibility index (Phi) is 5.54. The van der Waals surface area contributed by atoms with Crippen LogP contribution in [0.25, 0.3) is 0 Å². The molecule has 0 unspecified atom stereocenters. The molecule has 1 amide bonds. The van der Waals surface area contributed by atoms with E-state index in [2.05, 4.69) is 5.32 Å². The summed E-state index contributed by atoms with van der Waals surface area (Å²) in [6, 6.07) is 8.86. The Bertz CT molecular complexity index is 870. The van der Waals surface area contributed by atoms with Gasteiger partial charge in [-0.15, -0.1) is 0 Å². The maximum absolute atomic E-state index is 12.1. The maximum Gasteiger partial charge on any atom is 0.251 e. The Hall–Kier alpha value is -1.31. The molecule has 0 radical (unpaired) electrons. The molecule has 0 aliphatic rings. The van der Waals surface area contributed by atoms with E-state index >= 15 is 0 Å². The second-order valence-corrected chi connectivity index (χ2v) is 7.31. The number of nitrogens with two attached hydrogens (primary N) is 1. The zero-order valence-corrected chi connectivity index (χ0v) is 14.6. The van der Waals surface area contributed by atoms with Crippen molar-refractivity contribution in [2.24, 2.45) is 5.14 Å². The third-order valence-electron chi connectivity index (χ3n) is 2.97. The fourth-order valence-corrected chi connectivity index (χ4v) is 3.28. The molecule has 0 spiro atoms. The largest absolute Gasteiger partial charge is 0.348 e. The number of halogens is 3. The second-order valence-electron chi connectivity index (χ2n) is 4.59. The number of sulfonamides is 1. The van der Waals surface area contributed by atoms with Crippen molar-refractivity contribution in [3.63, 3.8) is 0 Å². The van der Waals surface area contributed by atoms with E-state index in [-0.39, 0.29) is 22.0 Å². The van der Waals surface area contributed by atoms with Crippen molar-refractivity contribution in [3.8, 4) is 0 Å². The first kappa shape index (κ1) is 18.0. The van der Waals surface area contributed by atoms with Crippen LogP contribution in [0.3, 0.4) is 0 Å². The molecular weight excluding hydrogens is 383 g/mol. The summed E-state index contributed by atoms with van der Waals surface area (Å²) in [5.41, 5.74) is 0.740. The minimum atomic E-state index is -4.02. The standard InChI is InChI=1S/C14H11Cl3N2O3S/c15-10-5-4-8(6-12(10)23(18,21)22)14(20)19-7-9-2-1-3-11(16)13(9)17/h1-6H,7H2,(H,19,20)(H2,18,21,22). The van der Waals surface area contributed by atoms with E-state index < -0.39 is 15.9 Å². The van der Waals surface area contributed by atoms with Gasteiger partial charge < -0.3 is 5.32 Å². The van der Waals surface area contributed by atoms with Crippen LogP contribution in [0, 0.1) is 0 Å². The van der Waals surface area contributed by atoms with E-state index in [9.17, 15) is 13.2 Å². The predicted molar refractivity (Wildman–Crippen MR) is 90.5 cm³/mol. The van der Waals surface area contributed by atoms with Gasteiger partial charge in [-0.25, -0.2) is 13.6 Å². The van der Waals surface area contributed by atoms with Gasteiger partial charge >= 0.3 is 0 Å². The van der Waals surface area contributed by atoms with Crippen molar-refractivity contribution in [1.29, 1.82) is 0 Å². The quantitative estimate of drug-likeness (QED) is 0.835. The first-order chi connectivity index (χ1) is 10.7. The normalized spacial score (nSPS) is 11.3. The van der Waals surface area contributed by atoms with Gasteiger partial charge in [-0.3, -0.25) is 4.79 Å². The Morgan fingerprint density at radius 2 is 1.78 bits per heavy atom. The highest BCUT2D eigenvalue weighted by molar-refractivity contribution is 7.89. The van der Waals surface area contributed by atoms with E-state index in [1.165, 1.54) is 12.1 Å². The van der Waals surface area contributed by atoms with Crippen LogP contribution in [0.1, 0.15) is 15.9 Å². The molecule has 3 N–H and O–H groups in total. The minimum absolute atomic E-state index is 0.0538. The minimum Gasteiger partial charge on any atom is -0.348 e. The number of carbonyl (C=O) groups is 1. The molecule has 2 aromatic rings. The summed E-state index contributed by atoms with van der Waals surface area (Å²) in [5, 5.41) is 8.34. The molecule has 0 atom stereocenters. The van der Waals surface area contributed by atoms with Gasteiger partial charge in [0, 0.05) is 12.1 Å². The average molecular weight is 394 g/mol. The molecule has 0 saturated heterocycles. The zero-order valence-electron chi connectivity index (χ0n) is 11.5. The molecule has 2 aromatic carbocycles. The Labute approximate surface area is 148 Å². The monoisotopic (exact) mass is 392 g/mol. The van der Waals surface area contributed by atoms with Gasteiger partial charge in [-0.1, -0.05) is 46.9 Å². The van der Waals surface area contributed by atoms with Gasteiger partial charge in [0.25, 0.3) is 5.91 Å². The van der Waals surface area contributed by atoms with Crippen molar-refractivity contribution in [1.82, 2.24) is 5.32 Å². The molecule has 0 aliphatic carbocycles. The SMILES string of the molecule is NS(=O)(=O)c1cc(C(=O)NCc2cccc(Cl)c2Cl)ccc1Cl. The summed E-state index contributed by atoms with van der Waals surface area (Å²) in [6.45, 7) is 0.131. The van der Waals surface area contributed by atoms with Crippen molar-refractivity contribution < 1.29 is 13.2 Å². The third kappa shape index (κ3) is 4.37. The predicted octanol–water partition coefficient (Wildman–Crippen LogP) is 3.22. The van der Waals surface area contributed by atoms with Crippen LogP contribution in [-0.4, -0.2) is 14.3 Å². The molecule has 0 heterocycles. The number of primary sulfonamides is 1. The molecule has 0 saturated carbocycles. The highest BCUT2D eigenvalue weighted by atomic mass is 35.5. The van der Waals surface area contributed by atoms with Gasteiger partial charge in [-0.2, -0.15) is 0 Å². The van der Waals surface area contributed by atoms with E-state index in [1.54, 1.807) is 18.2 Å². The molecule has 5 nitrogen and oxygen atoms in total. The molecule has 0 aromatic heterocycles. The molecule has 0 bridgehead atoms. The average Bonchev–Trinajstić information content (AvgIpc) is 2.47. The lowest BCUT2D eigenvalue weighted by atomic mass is 10.2. The van der Waals surface area contributed by atoms with Crippen LogP contribution in [0.5, 0.6) is 0 Å². The molecule has 0 fully saturated rings. The maximum atomic E-state index is 12.1. The van der Waals surface area contributed by atoms with Gasteiger partial charge in [0.1, 0.15) is 4.90 Å². The Morgan fingerprint density at radius 3 is 2.43 bits per heavy atom. The second kappa shape index (κ2) is 7.07. The van der Waals surface area contributed by atoms with Crippen LogP contribution in [0.4, 0.5) is 0 Å². The number of hydrogen-bond acceptors (Lipinski definition) is 3. The number of nitrogens with one attached hydrogen (secondary N) is 1. The van der Waals surface area contributed by atoms with E-state index in [0.717, 1.165) is 6.07 Å². The number of rotatable bonds is 4. The van der Waals surface area contributed by atoms with E-state index in [1.807, 2.05) is 0 Å². The highest BCUT2D eigenvalue weighted by Gasteiger charge is 2.16. The fraction of sp³-hybridized carbons (Fsp3) is 0.0714. The lowest BCUT2D eigenvalue weighted by Crippen LogP contribution is -2.23. The lowest BCUT2D eigenvalue weighted by molar-refractivity contribution is 0.0950. The van der Waals surface area contributed by atoms with Crippen molar-refractivity contribution in [2.45, 2.75) is 11.4 Å². The Balaban J connectivity index is 2.20. The van der Waals surface area contributed by atoms with Crippen LogP contribution in [-0.2, 0) is 16.6 Å². The number of hydrogen-bond donors (Lipinski definition) is 2. The van der Waals surface area contributed by atoms with E-state index in [4.69, 9.17) is 39.9 Å². The summed E-state index contributed by atoms with van der Waals surface area (Å²) < 4.78 is 22.8. The summed E-state index contributed by atoms with van der Waals surface area (Å²) >= 11 is 17.7. The molecule has 23 heavy (non-hydrogen) atoms. The molecule has 2 rings (SSSR count). The first-order valence-corrected chi connectivity index (χ1v) is 8.91. The molecule has 9 heteroatoms. The van der Waals surface area contributed by atoms with Gasteiger partial charge in [-0.05, 0) is 29.8 Å². The summed E-state index contributed by atoms with van der Waals surface area (Å²) in [6.07, 6.45) is 0. The molecule has 0 aliphatic heterocycles. The first-order valence-electron chi connectivity index (χ1n) is 6.23. The van der Waals surface area contributed by atoms with Crippen molar-refractivity contribution >= 4 is 50.7 Å². The van der Waals surface area contributed by atoms with Crippen molar-refractivity contribution in [3.05, 3.63) is 62.6 Å². The van der Waals surface area contributed by atoms with Crippen molar-refractivity contribution in [2.75, 3.05) is 0 Å². The summed E-state index contributed by atoms with van der Waals surface area (Å²) in [4.78, 5) is 11.8. The number of benzene rings is 2. The Morgan fingerprint density at radius 1 is 1.09 bits per heavy atom. The van der Waals surface area contributed by atoms with Crippen LogP contribution in [0.2, 0.25) is 15.1 Å². The number of amides is 1. The topological polar surface area (TPSA) is 89.3 Å².